The lowest BCUT2D eigenvalue weighted by molar-refractivity contribution is -0.143. The number of nitrogens with two attached hydrogens (primary N) is 1. The summed E-state index contributed by atoms with van der Waals surface area (Å²) in [6.07, 6.45) is 5.17. The predicted molar refractivity (Wildman–Crippen MR) is 49.7 cm³/mol. The monoisotopic (exact) mass is 186 g/mol. The van der Waals surface area contributed by atoms with Crippen molar-refractivity contribution in [2.75, 3.05) is 13.7 Å². The zero-order chi connectivity index (χ0) is 9.73. The Hall–Kier alpha value is -0.610. The molecular weight excluding hydrogens is 168 g/mol. The van der Waals surface area contributed by atoms with Gasteiger partial charge in [0.15, 0.2) is 0 Å². The Kier molecular flexibility index (Phi) is 3.69. The Morgan fingerprint density at radius 2 is 2.08 bits per heavy atom. The number of carbonyl (C=O) groups is 1. The van der Waals surface area contributed by atoms with E-state index in [1.807, 2.05) is 0 Å². The van der Waals surface area contributed by atoms with Crippen LogP contribution >= 0.6 is 0 Å². The van der Waals surface area contributed by atoms with Crippen molar-refractivity contribution in [3.63, 3.8) is 0 Å². The molecule has 0 aromatic rings. The van der Waals surface area contributed by atoms with E-state index in [4.69, 9.17) is 5.73 Å². The zero-order valence-electron chi connectivity index (χ0n) is 8.14. The van der Waals surface area contributed by atoms with Crippen LogP contribution in [0.5, 0.6) is 0 Å². The van der Waals surface area contributed by atoms with Crippen LogP contribution in [-0.4, -0.2) is 19.6 Å². The maximum absolute atomic E-state index is 11.6. The molecule has 1 saturated carbocycles. The number of nitrogens with one attached hydrogen (secondary N) is 1. The molecule has 0 aliphatic heterocycles. The molecule has 0 bridgehead atoms. The van der Waals surface area contributed by atoms with Crippen molar-refractivity contribution < 1.29 is 9.63 Å². The smallest absolute Gasteiger partial charge is 0.251 e. The summed E-state index contributed by atoms with van der Waals surface area (Å²) in [5, 5.41) is 0. The van der Waals surface area contributed by atoms with Gasteiger partial charge in [-0.2, -0.15) is 0 Å². The van der Waals surface area contributed by atoms with Crippen LogP contribution in [0.2, 0.25) is 0 Å². The number of hydrogen-bond donors (Lipinski definition) is 2. The van der Waals surface area contributed by atoms with Crippen LogP contribution < -0.4 is 11.2 Å². The lowest BCUT2D eigenvalue weighted by Gasteiger charge is -2.33. The highest BCUT2D eigenvalue weighted by Gasteiger charge is 2.38. The molecule has 1 rings (SSSR count). The molecule has 4 heteroatoms. The van der Waals surface area contributed by atoms with Crippen LogP contribution in [0.1, 0.15) is 32.1 Å². The molecule has 76 valence electrons. The molecule has 0 radical (unpaired) electrons. The quantitative estimate of drug-likeness (QED) is 0.633. The van der Waals surface area contributed by atoms with E-state index < -0.39 is 0 Å². The van der Waals surface area contributed by atoms with E-state index in [1.165, 1.54) is 13.5 Å². The summed E-state index contributed by atoms with van der Waals surface area (Å²) in [5.74, 6) is -0.0581. The van der Waals surface area contributed by atoms with Crippen LogP contribution in [0, 0.1) is 5.41 Å². The lowest BCUT2D eigenvalue weighted by Crippen LogP contribution is -2.46. The largest absolute Gasteiger partial charge is 0.329 e. The minimum atomic E-state index is -0.367. The lowest BCUT2D eigenvalue weighted by atomic mass is 9.73. The topological polar surface area (TPSA) is 64.3 Å². The van der Waals surface area contributed by atoms with Crippen LogP contribution in [-0.2, 0) is 9.63 Å². The van der Waals surface area contributed by atoms with Gasteiger partial charge in [0.25, 0.3) is 5.91 Å². The standard InChI is InChI=1S/C9H18N2O2/c1-13-11-8(12)9(7-10)5-3-2-4-6-9/h2-7,10H2,1H3,(H,11,12). The molecule has 1 fully saturated rings. The second-order valence-electron chi connectivity index (χ2n) is 3.68. The van der Waals surface area contributed by atoms with E-state index in [0.717, 1.165) is 25.7 Å². The molecule has 0 saturated heterocycles. The van der Waals surface area contributed by atoms with Crippen LogP contribution in [0.4, 0.5) is 0 Å². The third-order valence-corrected chi connectivity index (χ3v) is 2.88. The Morgan fingerprint density at radius 1 is 1.46 bits per heavy atom. The Morgan fingerprint density at radius 3 is 2.54 bits per heavy atom. The third-order valence-electron chi connectivity index (χ3n) is 2.88. The highest BCUT2D eigenvalue weighted by molar-refractivity contribution is 5.82. The molecule has 13 heavy (non-hydrogen) atoms. The summed E-state index contributed by atoms with van der Waals surface area (Å²) in [6, 6.07) is 0. The molecule has 0 spiro atoms. The molecule has 1 aliphatic carbocycles. The van der Waals surface area contributed by atoms with Gasteiger partial charge in [0.2, 0.25) is 0 Å². The molecule has 0 aromatic heterocycles. The molecule has 1 aliphatic rings. The molecule has 0 atom stereocenters. The minimum absolute atomic E-state index is 0.0581. The predicted octanol–water partition coefficient (Wildman–Crippen LogP) is 0.573. The van der Waals surface area contributed by atoms with Gasteiger partial charge in [-0.3, -0.25) is 9.63 Å². The van der Waals surface area contributed by atoms with E-state index in [0.29, 0.717) is 6.54 Å². The van der Waals surface area contributed by atoms with Crippen molar-refractivity contribution >= 4 is 5.91 Å². The van der Waals surface area contributed by atoms with Gasteiger partial charge < -0.3 is 5.73 Å². The van der Waals surface area contributed by atoms with E-state index in [-0.39, 0.29) is 11.3 Å². The van der Waals surface area contributed by atoms with Gasteiger partial charge in [0.1, 0.15) is 0 Å². The second-order valence-corrected chi connectivity index (χ2v) is 3.68. The minimum Gasteiger partial charge on any atom is -0.329 e. The Bertz CT molecular complexity index is 176. The summed E-state index contributed by atoms with van der Waals surface area (Å²) < 4.78 is 0. The summed E-state index contributed by atoms with van der Waals surface area (Å²) in [4.78, 5) is 16.3. The summed E-state index contributed by atoms with van der Waals surface area (Å²) in [6.45, 7) is 0.419. The maximum Gasteiger partial charge on any atom is 0.251 e. The van der Waals surface area contributed by atoms with E-state index in [1.54, 1.807) is 0 Å². The van der Waals surface area contributed by atoms with Crippen molar-refractivity contribution in [2.45, 2.75) is 32.1 Å². The van der Waals surface area contributed by atoms with Crippen LogP contribution in [0.25, 0.3) is 0 Å². The first-order chi connectivity index (χ1) is 6.25. The summed E-state index contributed by atoms with van der Waals surface area (Å²) in [7, 11) is 1.45. The second kappa shape index (κ2) is 4.58. The van der Waals surface area contributed by atoms with Gasteiger partial charge in [-0.05, 0) is 12.8 Å². The first kappa shape index (κ1) is 10.5. The van der Waals surface area contributed by atoms with E-state index >= 15 is 0 Å². The van der Waals surface area contributed by atoms with Crippen LogP contribution in [0.3, 0.4) is 0 Å². The fourth-order valence-electron chi connectivity index (χ4n) is 1.95. The molecule has 0 heterocycles. The number of hydroxylamine groups is 1. The Balaban J connectivity index is 2.61. The van der Waals surface area contributed by atoms with Crippen LogP contribution in [0.15, 0.2) is 0 Å². The molecule has 0 unspecified atom stereocenters. The van der Waals surface area contributed by atoms with Gasteiger partial charge in [-0.25, -0.2) is 5.48 Å². The number of hydrogen-bond acceptors (Lipinski definition) is 3. The number of carbonyl (C=O) groups excluding carboxylic acids is 1. The van der Waals surface area contributed by atoms with Gasteiger partial charge >= 0.3 is 0 Å². The Labute approximate surface area is 78.8 Å². The molecular formula is C9H18N2O2. The van der Waals surface area contributed by atoms with Gasteiger partial charge in [-0.15, -0.1) is 0 Å². The van der Waals surface area contributed by atoms with Gasteiger partial charge in [0.05, 0.1) is 12.5 Å². The van der Waals surface area contributed by atoms with Crippen molar-refractivity contribution in [3.05, 3.63) is 0 Å². The summed E-state index contributed by atoms with van der Waals surface area (Å²) in [5.41, 5.74) is 7.67. The number of amides is 1. The highest BCUT2D eigenvalue weighted by Crippen LogP contribution is 2.35. The first-order valence-corrected chi connectivity index (χ1v) is 4.79. The van der Waals surface area contributed by atoms with Crippen molar-refractivity contribution in [1.82, 2.24) is 5.48 Å². The van der Waals surface area contributed by atoms with E-state index in [9.17, 15) is 4.79 Å². The third kappa shape index (κ3) is 2.19. The molecule has 4 nitrogen and oxygen atoms in total. The molecule has 3 N–H and O–H groups in total. The van der Waals surface area contributed by atoms with Gasteiger partial charge in [-0.1, -0.05) is 19.3 Å². The SMILES string of the molecule is CONC(=O)C1(CN)CCCCC1. The highest BCUT2D eigenvalue weighted by atomic mass is 16.6. The van der Waals surface area contributed by atoms with Crippen molar-refractivity contribution in [1.29, 1.82) is 0 Å². The summed E-state index contributed by atoms with van der Waals surface area (Å²) >= 11 is 0. The number of rotatable bonds is 3. The molecule has 1 amide bonds. The first-order valence-electron chi connectivity index (χ1n) is 4.79. The van der Waals surface area contributed by atoms with Crippen molar-refractivity contribution in [3.8, 4) is 0 Å². The fraction of sp³-hybridized carbons (Fsp3) is 0.889. The van der Waals surface area contributed by atoms with Crippen molar-refractivity contribution in [2.24, 2.45) is 11.1 Å². The van der Waals surface area contributed by atoms with E-state index in [2.05, 4.69) is 10.3 Å². The fourth-order valence-corrected chi connectivity index (χ4v) is 1.95. The zero-order valence-corrected chi connectivity index (χ0v) is 8.14. The average Bonchev–Trinajstić information content (AvgIpc) is 2.19. The maximum atomic E-state index is 11.6. The normalized spacial score (nSPS) is 21.1. The average molecular weight is 186 g/mol. The molecule has 0 aromatic carbocycles. The van der Waals surface area contributed by atoms with Gasteiger partial charge in [0, 0.05) is 6.54 Å².